The third kappa shape index (κ3) is 5.58. The lowest BCUT2D eigenvalue weighted by Crippen LogP contribution is -2.48. The van der Waals surface area contributed by atoms with E-state index in [9.17, 15) is 4.79 Å². The van der Waals surface area contributed by atoms with E-state index in [1.807, 2.05) is 29.2 Å². The van der Waals surface area contributed by atoms with Crippen molar-refractivity contribution in [1.29, 1.82) is 0 Å². The Kier molecular flexibility index (Phi) is 7.63. The number of hydrogen-bond donors (Lipinski definition) is 0. The highest BCUT2D eigenvalue weighted by Crippen LogP contribution is 2.28. The zero-order chi connectivity index (χ0) is 22.7. The summed E-state index contributed by atoms with van der Waals surface area (Å²) in [5.41, 5.74) is 1.30. The molecule has 0 unspecified atom stereocenters. The van der Waals surface area contributed by atoms with Crippen LogP contribution in [0, 0.1) is 0 Å². The summed E-state index contributed by atoms with van der Waals surface area (Å²) in [6.07, 6.45) is 1.72. The average Bonchev–Trinajstić information content (AvgIpc) is 3.25. The third-order valence-corrected chi connectivity index (χ3v) is 6.71. The van der Waals surface area contributed by atoms with Gasteiger partial charge in [0.1, 0.15) is 5.75 Å². The van der Waals surface area contributed by atoms with Crippen LogP contribution in [0.5, 0.6) is 5.75 Å². The van der Waals surface area contributed by atoms with Crippen LogP contribution in [0.4, 0.5) is 0 Å². The van der Waals surface area contributed by atoms with Gasteiger partial charge < -0.3 is 9.64 Å². The molecule has 6 nitrogen and oxygen atoms in total. The summed E-state index contributed by atoms with van der Waals surface area (Å²) in [6, 6.07) is 12.6. The first-order valence-corrected chi connectivity index (χ1v) is 11.9. The van der Waals surface area contributed by atoms with Crippen molar-refractivity contribution in [3.63, 3.8) is 0 Å². The highest BCUT2D eigenvalue weighted by molar-refractivity contribution is 9.10. The summed E-state index contributed by atoms with van der Waals surface area (Å²) in [5.74, 6) is 0.453. The third-order valence-electron chi connectivity index (χ3n) is 5.21. The van der Waals surface area contributed by atoms with Crippen LogP contribution in [0.1, 0.15) is 16.1 Å². The van der Waals surface area contributed by atoms with Crippen LogP contribution in [-0.4, -0.2) is 51.7 Å². The molecule has 32 heavy (non-hydrogen) atoms. The minimum Gasteiger partial charge on any atom is -0.470 e. The van der Waals surface area contributed by atoms with E-state index in [1.165, 1.54) is 0 Å². The molecule has 1 aliphatic heterocycles. The van der Waals surface area contributed by atoms with Crippen LogP contribution in [0.25, 0.3) is 0 Å². The number of aromatic nitrogens is 2. The standard InChI is InChI=1S/C22H20BrCl3N4O2/c23-15-4-5-21(19(26)12-15)32-14-30-7-6-20(27-30)22(31)29-10-8-28(9-11-29)13-16-17(24)2-1-3-18(16)25/h1-7,12H,8-11,13-14H2. The number of halogens is 4. The fourth-order valence-electron chi connectivity index (χ4n) is 3.45. The second kappa shape index (κ2) is 10.4. The van der Waals surface area contributed by atoms with Crippen LogP contribution >= 0.6 is 50.7 Å². The van der Waals surface area contributed by atoms with Crippen LogP contribution < -0.4 is 4.74 Å². The quantitative estimate of drug-likeness (QED) is 0.395. The maximum atomic E-state index is 12.9. The summed E-state index contributed by atoms with van der Waals surface area (Å²) >= 11 is 22.1. The number of hydrogen-bond acceptors (Lipinski definition) is 4. The Hall–Kier alpha value is -1.77. The number of ether oxygens (including phenoxy) is 1. The SMILES string of the molecule is O=C(c1ccn(COc2ccc(Br)cc2Cl)n1)N1CCN(Cc2c(Cl)cccc2Cl)CC1. The molecular weight excluding hydrogens is 539 g/mol. The van der Waals surface area contributed by atoms with E-state index in [0.717, 1.165) is 23.1 Å². The zero-order valence-corrected chi connectivity index (χ0v) is 20.8. The molecule has 0 aliphatic carbocycles. The molecule has 0 bridgehead atoms. The van der Waals surface area contributed by atoms with Crippen molar-refractivity contribution in [2.75, 3.05) is 26.2 Å². The Balaban J connectivity index is 1.30. The van der Waals surface area contributed by atoms with Crippen molar-refractivity contribution in [2.24, 2.45) is 0 Å². The highest BCUT2D eigenvalue weighted by atomic mass is 79.9. The molecule has 1 saturated heterocycles. The normalized spacial score (nSPS) is 14.6. The smallest absolute Gasteiger partial charge is 0.274 e. The maximum Gasteiger partial charge on any atom is 0.274 e. The lowest BCUT2D eigenvalue weighted by molar-refractivity contribution is 0.0621. The summed E-state index contributed by atoms with van der Waals surface area (Å²) in [4.78, 5) is 16.9. The van der Waals surface area contributed by atoms with Gasteiger partial charge in [0.2, 0.25) is 0 Å². The maximum absolute atomic E-state index is 12.9. The lowest BCUT2D eigenvalue weighted by Gasteiger charge is -2.34. The van der Waals surface area contributed by atoms with E-state index < -0.39 is 0 Å². The molecular formula is C22H20BrCl3N4O2. The van der Waals surface area contributed by atoms with Gasteiger partial charge in [-0.25, -0.2) is 4.68 Å². The number of nitrogens with zero attached hydrogens (tertiary/aromatic N) is 4. The molecule has 2 aromatic carbocycles. The van der Waals surface area contributed by atoms with E-state index >= 15 is 0 Å². The van der Waals surface area contributed by atoms with Crippen molar-refractivity contribution in [2.45, 2.75) is 13.3 Å². The zero-order valence-electron chi connectivity index (χ0n) is 17.0. The fourth-order valence-corrected chi connectivity index (χ4v) is 4.70. The Morgan fingerprint density at radius 1 is 1.00 bits per heavy atom. The van der Waals surface area contributed by atoms with Crippen LogP contribution in [0.2, 0.25) is 15.1 Å². The molecule has 1 amide bonds. The van der Waals surface area contributed by atoms with Crippen LogP contribution in [-0.2, 0) is 13.3 Å². The van der Waals surface area contributed by atoms with E-state index in [0.29, 0.717) is 46.1 Å². The van der Waals surface area contributed by atoms with Gasteiger partial charge in [0.05, 0.1) is 5.02 Å². The number of carbonyl (C=O) groups excluding carboxylic acids is 1. The number of carbonyl (C=O) groups is 1. The van der Waals surface area contributed by atoms with Crippen molar-refractivity contribution in [3.8, 4) is 5.75 Å². The molecule has 0 N–H and O–H groups in total. The van der Waals surface area contributed by atoms with E-state index in [4.69, 9.17) is 39.5 Å². The van der Waals surface area contributed by atoms with Gasteiger partial charge >= 0.3 is 0 Å². The van der Waals surface area contributed by atoms with E-state index in [1.54, 1.807) is 29.1 Å². The molecule has 3 aromatic rings. The number of piperazine rings is 1. The average molecular weight is 559 g/mol. The monoisotopic (exact) mass is 556 g/mol. The van der Waals surface area contributed by atoms with Crippen LogP contribution in [0.15, 0.2) is 53.1 Å². The van der Waals surface area contributed by atoms with Crippen molar-refractivity contribution >= 4 is 56.6 Å². The molecule has 0 saturated carbocycles. The number of amides is 1. The number of benzene rings is 2. The summed E-state index contributed by atoms with van der Waals surface area (Å²) in [7, 11) is 0. The minimum absolute atomic E-state index is 0.0964. The molecule has 168 valence electrons. The van der Waals surface area contributed by atoms with Crippen molar-refractivity contribution in [3.05, 3.63) is 79.5 Å². The summed E-state index contributed by atoms with van der Waals surface area (Å²) < 4.78 is 8.14. The predicted molar refractivity (Wildman–Crippen MR) is 130 cm³/mol. The molecule has 10 heteroatoms. The second-order valence-corrected chi connectivity index (χ2v) is 9.49. The van der Waals surface area contributed by atoms with E-state index in [-0.39, 0.29) is 12.6 Å². The first-order chi connectivity index (χ1) is 15.4. The van der Waals surface area contributed by atoms with Gasteiger partial charge in [-0.1, -0.05) is 56.8 Å². The second-order valence-electron chi connectivity index (χ2n) is 7.36. The topological polar surface area (TPSA) is 50.6 Å². The molecule has 0 radical (unpaired) electrons. The van der Waals surface area contributed by atoms with Gasteiger partial charge in [-0.3, -0.25) is 9.69 Å². The Morgan fingerprint density at radius 3 is 2.41 bits per heavy atom. The van der Waals surface area contributed by atoms with Gasteiger partial charge in [0.15, 0.2) is 12.4 Å². The van der Waals surface area contributed by atoms with Crippen molar-refractivity contribution < 1.29 is 9.53 Å². The van der Waals surface area contributed by atoms with Crippen molar-refractivity contribution in [1.82, 2.24) is 19.6 Å². The molecule has 1 fully saturated rings. The lowest BCUT2D eigenvalue weighted by atomic mass is 10.2. The first kappa shape index (κ1) is 23.4. The first-order valence-electron chi connectivity index (χ1n) is 9.96. The Morgan fingerprint density at radius 2 is 1.72 bits per heavy atom. The summed E-state index contributed by atoms with van der Waals surface area (Å²) in [6.45, 7) is 3.50. The van der Waals surface area contributed by atoms with Gasteiger partial charge in [0.25, 0.3) is 5.91 Å². The summed E-state index contributed by atoms with van der Waals surface area (Å²) in [5, 5.41) is 6.18. The minimum atomic E-state index is -0.0964. The van der Waals surface area contributed by atoms with Gasteiger partial charge in [-0.15, -0.1) is 0 Å². The van der Waals surface area contributed by atoms with Crippen LogP contribution in [0.3, 0.4) is 0 Å². The van der Waals surface area contributed by atoms with Gasteiger partial charge in [0, 0.05) is 59.0 Å². The number of rotatable bonds is 6. The molecule has 1 aromatic heterocycles. The van der Waals surface area contributed by atoms with Gasteiger partial charge in [-0.05, 0) is 36.4 Å². The molecule has 2 heterocycles. The van der Waals surface area contributed by atoms with Gasteiger partial charge in [-0.2, -0.15) is 5.10 Å². The highest BCUT2D eigenvalue weighted by Gasteiger charge is 2.24. The molecule has 0 spiro atoms. The molecule has 0 atom stereocenters. The van der Waals surface area contributed by atoms with E-state index in [2.05, 4.69) is 25.9 Å². The molecule has 4 rings (SSSR count). The Labute approximate surface area is 209 Å². The fraction of sp³-hybridized carbons (Fsp3) is 0.273. The molecule has 1 aliphatic rings. The predicted octanol–water partition coefficient (Wildman–Crippen LogP) is 5.60. The largest absolute Gasteiger partial charge is 0.470 e. The Bertz CT molecular complexity index is 1100.